The largest absolute Gasteiger partial charge is 0.392 e. The third-order valence-electron chi connectivity index (χ3n) is 2.90. The van der Waals surface area contributed by atoms with Crippen LogP contribution in [0.5, 0.6) is 0 Å². The van der Waals surface area contributed by atoms with Crippen LogP contribution in [0.3, 0.4) is 0 Å². The minimum atomic E-state index is -3.95. The van der Waals surface area contributed by atoms with Gasteiger partial charge in [0.1, 0.15) is 5.82 Å². The van der Waals surface area contributed by atoms with E-state index in [2.05, 4.69) is 4.72 Å². The molecule has 0 aliphatic heterocycles. The molecule has 0 saturated carbocycles. The Morgan fingerprint density at radius 2 is 1.86 bits per heavy atom. The summed E-state index contributed by atoms with van der Waals surface area (Å²) in [7, 11) is -3.95. The van der Waals surface area contributed by atoms with Crippen molar-refractivity contribution in [1.29, 1.82) is 0 Å². The van der Waals surface area contributed by atoms with Crippen molar-refractivity contribution in [1.82, 2.24) is 4.72 Å². The van der Waals surface area contributed by atoms with Gasteiger partial charge in [0, 0.05) is 11.6 Å². The van der Waals surface area contributed by atoms with Crippen LogP contribution in [0.15, 0.2) is 47.4 Å². The predicted octanol–water partition coefficient (Wildman–Crippen LogP) is 2.45. The van der Waals surface area contributed by atoms with Crippen molar-refractivity contribution >= 4 is 21.6 Å². The van der Waals surface area contributed by atoms with Gasteiger partial charge < -0.3 is 5.11 Å². The number of halogens is 2. The van der Waals surface area contributed by atoms with E-state index in [0.29, 0.717) is 10.6 Å². The second-order valence-corrected chi connectivity index (χ2v) is 6.47. The lowest BCUT2D eigenvalue weighted by Gasteiger charge is -2.11. The first kappa shape index (κ1) is 15.9. The fraction of sp³-hybridized carbons (Fsp3) is 0.143. The molecule has 0 aliphatic rings. The van der Waals surface area contributed by atoms with Gasteiger partial charge in [-0.25, -0.2) is 17.5 Å². The van der Waals surface area contributed by atoms with E-state index in [1.54, 1.807) is 24.3 Å². The Hall–Kier alpha value is -1.47. The quantitative estimate of drug-likeness (QED) is 0.885. The van der Waals surface area contributed by atoms with E-state index in [9.17, 15) is 12.8 Å². The highest BCUT2D eigenvalue weighted by Gasteiger charge is 2.19. The lowest BCUT2D eigenvalue weighted by molar-refractivity contribution is 0.278. The maximum absolute atomic E-state index is 13.2. The molecule has 2 N–H and O–H groups in total. The topological polar surface area (TPSA) is 66.4 Å². The van der Waals surface area contributed by atoms with Crippen molar-refractivity contribution in [2.75, 3.05) is 0 Å². The van der Waals surface area contributed by atoms with Gasteiger partial charge in [0.05, 0.1) is 11.5 Å². The van der Waals surface area contributed by atoms with Crippen molar-refractivity contribution in [2.24, 2.45) is 0 Å². The minimum Gasteiger partial charge on any atom is -0.392 e. The molecule has 112 valence electrons. The molecule has 7 heteroatoms. The normalized spacial score (nSPS) is 11.6. The molecule has 0 spiro atoms. The third kappa shape index (κ3) is 3.79. The van der Waals surface area contributed by atoms with Crippen molar-refractivity contribution in [3.05, 3.63) is 64.4 Å². The number of hydrogen-bond acceptors (Lipinski definition) is 3. The lowest BCUT2D eigenvalue weighted by Crippen LogP contribution is -2.24. The molecule has 0 radical (unpaired) electrons. The maximum Gasteiger partial charge on any atom is 0.241 e. The highest BCUT2D eigenvalue weighted by Crippen LogP contribution is 2.19. The second kappa shape index (κ2) is 6.53. The summed E-state index contributed by atoms with van der Waals surface area (Å²) in [6.45, 7) is -0.522. The summed E-state index contributed by atoms with van der Waals surface area (Å²) in [4.78, 5) is -0.281. The van der Waals surface area contributed by atoms with Crippen LogP contribution in [0.2, 0.25) is 5.02 Å². The molecular formula is C14H13ClFNO3S. The van der Waals surface area contributed by atoms with Gasteiger partial charge in [-0.1, -0.05) is 35.9 Å². The van der Waals surface area contributed by atoms with E-state index in [4.69, 9.17) is 16.7 Å². The molecule has 0 fully saturated rings. The summed E-state index contributed by atoms with van der Waals surface area (Å²) < 4.78 is 40.0. The van der Waals surface area contributed by atoms with Crippen LogP contribution >= 0.6 is 11.6 Å². The Kier molecular flexibility index (Phi) is 4.95. The van der Waals surface area contributed by atoms with E-state index in [1.165, 1.54) is 6.07 Å². The zero-order valence-electron chi connectivity index (χ0n) is 10.9. The zero-order valence-corrected chi connectivity index (χ0v) is 12.5. The minimum absolute atomic E-state index is 0.0244. The van der Waals surface area contributed by atoms with E-state index in [-0.39, 0.29) is 17.0 Å². The van der Waals surface area contributed by atoms with Crippen LogP contribution in [-0.4, -0.2) is 13.5 Å². The van der Waals surface area contributed by atoms with E-state index in [1.807, 2.05) is 0 Å². The van der Waals surface area contributed by atoms with Gasteiger partial charge in [0.2, 0.25) is 10.0 Å². The van der Waals surface area contributed by atoms with Crippen LogP contribution in [0, 0.1) is 5.82 Å². The van der Waals surface area contributed by atoms with E-state index < -0.39 is 22.4 Å². The SMILES string of the molecule is O=S(=O)(NCc1ccccc1Cl)c1cc(F)ccc1CO. The van der Waals surface area contributed by atoms with Gasteiger partial charge in [0.15, 0.2) is 0 Å². The number of aliphatic hydroxyl groups is 1. The Bertz CT molecular complexity index is 750. The molecular weight excluding hydrogens is 317 g/mol. The monoisotopic (exact) mass is 329 g/mol. The molecule has 0 amide bonds. The smallest absolute Gasteiger partial charge is 0.241 e. The Balaban J connectivity index is 2.27. The molecule has 2 aromatic rings. The van der Waals surface area contributed by atoms with Crippen molar-refractivity contribution in [3.8, 4) is 0 Å². The molecule has 0 aliphatic carbocycles. The number of nitrogens with one attached hydrogen (secondary N) is 1. The van der Waals surface area contributed by atoms with Crippen LogP contribution in [0.25, 0.3) is 0 Å². The first-order valence-corrected chi connectivity index (χ1v) is 7.92. The molecule has 0 aromatic heterocycles. The van der Waals surface area contributed by atoms with Crippen molar-refractivity contribution < 1.29 is 17.9 Å². The fourth-order valence-corrected chi connectivity index (χ4v) is 3.25. The highest BCUT2D eigenvalue weighted by molar-refractivity contribution is 7.89. The van der Waals surface area contributed by atoms with Gasteiger partial charge in [-0.15, -0.1) is 0 Å². The van der Waals surface area contributed by atoms with Crippen LogP contribution in [-0.2, 0) is 23.2 Å². The third-order valence-corrected chi connectivity index (χ3v) is 4.75. The first-order chi connectivity index (χ1) is 9.94. The summed E-state index contributed by atoms with van der Waals surface area (Å²) >= 11 is 5.95. The fourth-order valence-electron chi connectivity index (χ4n) is 1.80. The van der Waals surface area contributed by atoms with Gasteiger partial charge in [0.25, 0.3) is 0 Å². The van der Waals surface area contributed by atoms with E-state index >= 15 is 0 Å². The summed E-state index contributed by atoms with van der Waals surface area (Å²) in [5.41, 5.74) is 0.729. The molecule has 4 nitrogen and oxygen atoms in total. The first-order valence-electron chi connectivity index (χ1n) is 6.06. The van der Waals surface area contributed by atoms with E-state index in [0.717, 1.165) is 12.1 Å². The van der Waals surface area contributed by atoms with Crippen LogP contribution < -0.4 is 4.72 Å². The molecule has 0 atom stereocenters. The predicted molar refractivity (Wildman–Crippen MR) is 77.8 cm³/mol. The van der Waals surface area contributed by atoms with Crippen molar-refractivity contribution in [2.45, 2.75) is 18.0 Å². The molecule has 2 rings (SSSR count). The van der Waals surface area contributed by atoms with Gasteiger partial charge >= 0.3 is 0 Å². The van der Waals surface area contributed by atoms with Gasteiger partial charge in [-0.3, -0.25) is 0 Å². The maximum atomic E-state index is 13.2. The Morgan fingerprint density at radius 3 is 2.52 bits per heavy atom. The number of sulfonamides is 1. The zero-order chi connectivity index (χ0) is 15.5. The molecule has 0 heterocycles. The second-order valence-electron chi connectivity index (χ2n) is 4.33. The molecule has 21 heavy (non-hydrogen) atoms. The summed E-state index contributed by atoms with van der Waals surface area (Å²) in [5.74, 6) is -0.690. The number of rotatable bonds is 5. The van der Waals surface area contributed by atoms with Crippen molar-refractivity contribution in [3.63, 3.8) is 0 Å². The molecule has 0 bridgehead atoms. The molecule has 0 saturated heterocycles. The standard InChI is InChI=1S/C14H13ClFNO3S/c15-13-4-2-1-3-10(13)8-17-21(19,20)14-7-12(16)6-5-11(14)9-18/h1-7,17-18H,8-9H2. The number of hydrogen-bond donors (Lipinski definition) is 2. The summed E-state index contributed by atoms with van der Waals surface area (Å²) in [6, 6.07) is 10.0. The molecule has 0 unspecified atom stereocenters. The average Bonchev–Trinajstić information content (AvgIpc) is 2.46. The lowest BCUT2D eigenvalue weighted by atomic mass is 10.2. The van der Waals surface area contributed by atoms with Gasteiger partial charge in [-0.05, 0) is 29.3 Å². The molecule has 2 aromatic carbocycles. The summed E-state index contributed by atoms with van der Waals surface area (Å²) in [6.07, 6.45) is 0. The van der Waals surface area contributed by atoms with Crippen LogP contribution in [0.1, 0.15) is 11.1 Å². The Morgan fingerprint density at radius 1 is 1.14 bits per heavy atom. The van der Waals surface area contributed by atoms with Gasteiger partial charge in [-0.2, -0.15) is 0 Å². The average molecular weight is 330 g/mol. The summed E-state index contributed by atoms with van der Waals surface area (Å²) in [5, 5.41) is 9.60. The Labute approximate surface area is 127 Å². The van der Waals surface area contributed by atoms with Crippen LogP contribution in [0.4, 0.5) is 4.39 Å². The highest BCUT2D eigenvalue weighted by atomic mass is 35.5. The number of benzene rings is 2. The number of aliphatic hydroxyl groups excluding tert-OH is 1.